The van der Waals surface area contributed by atoms with Gasteiger partial charge in [0.25, 0.3) is 5.91 Å². The predicted octanol–water partition coefficient (Wildman–Crippen LogP) is 2.47. The molecule has 0 spiro atoms. The van der Waals surface area contributed by atoms with E-state index in [4.69, 9.17) is 4.84 Å². The Balaban J connectivity index is 2.19. The highest BCUT2D eigenvalue weighted by atomic mass is 16.7. The molecule has 0 aromatic heterocycles. The number of carbonyl (C=O) groups is 1. The summed E-state index contributed by atoms with van der Waals surface area (Å²) in [7, 11) is 1.45. The summed E-state index contributed by atoms with van der Waals surface area (Å²) < 4.78 is 0. The minimum absolute atomic E-state index is 0.425. The predicted molar refractivity (Wildman–Crippen MR) is 76.3 cm³/mol. The number of anilines is 1. The summed E-state index contributed by atoms with van der Waals surface area (Å²) >= 11 is 0. The third-order valence-corrected chi connectivity index (χ3v) is 3.06. The molecule has 3 rings (SSSR count). The number of aliphatic imine (C=N–C) groups is 1. The fourth-order valence-electron chi connectivity index (χ4n) is 2.17. The third kappa shape index (κ3) is 2.10. The van der Waals surface area contributed by atoms with Crippen molar-refractivity contribution >= 4 is 17.3 Å². The molecule has 1 amide bonds. The molecule has 0 atom stereocenters. The Morgan fingerprint density at radius 3 is 2.50 bits per heavy atom. The highest BCUT2D eigenvalue weighted by molar-refractivity contribution is 6.20. The summed E-state index contributed by atoms with van der Waals surface area (Å²) in [5.74, 6) is -0.425. The Morgan fingerprint density at radius 2 is 1.75 bits per heavy atom. The first kappa shape index (κ1) is 12.6. The Hall–Kier alpha value is -2.46. The van der Waals surface area contributed by atoms with E-state index in [1.165, 1.54) is 12.2 Å². The molecule has 1 heterocycles. The summed E-state index contributed by atoms with van der Waals surface area (Å²) in [5, 5.41) is 1.19. The van der Waals surface area contributed by atoms with E-state index in [1.807, 2.05) is 54.6 Å². The lowest BCUT2D eigenvalue weighted by Crippen LogP contribution is -2.29. The number of hydroxylamine groups is 1. The Bertz CT molecular complexity index is 665. The average Bonchev–Trinajstić information content (AvgIpc) is 2.64. The van der Waals surface area contributed by atoms with Gasteiger partial charge < -0.3 is 0 Å². The number of carbonyl (C=O) groups excluding carboxylic acids is 1. The number of benzene rings is 2. The number of benzodiazepines with no additional fused rings is 1. The van der Waals surface area contributed by atoms with Crippen molar-refractivity contribution in [1.82, 2.24) is 0 Å². The molecule has 0 bridgehead atoms. The van der Waals surface area contributed by atoms with Crippen LogP contribution in [0.1, 0.15) is 11.1 Å². The minimum atomic E-state index is -0.425. The standard InChI is InChI=1S/C16H12N2O2/c1-20-18-14-10-6-5-9-13(14)16(17-11-15(18)19)12-7-3-2-4-8-12/h2-10H,1H3. The number of nitrogens with zero attached hydrogens (tertiary/aromatic N) is 2. The second-order valence-electron chi connectivity index (χ2n) is 4.24. The molecule has 2 aromatic rings. The van der Waals surface area contributed by atoms with Gasteiger partial charge in [0.15, 0.2) is 0 Å². The summed E-state index contributed by atoms with van der Waals surface area (Å²) in [6, 6.07) is 17.2. The lowest BCUT2D eigenvalue weighted by atomic mass is 10.0. The van der Waals surface area contributed by atoms with Crippen molar-refractivity contribution in [2.45, 2.75) is 0 Å². The van der Waals surface area contributed by atoms with E-state index in [-0.39, 0.29) is 0 Å². The quantitative estimate of drug-likeness (QED) is 0.836. The first-order valence-electron chi connectivity index (χ1n) is 6.18. The van der Waals surface area contributed by atoms with E-state index >= 15 is 0 Å². The molecule has 4 nitrogen and oxygen atoms in total. The smallest absolute Gasteiger partial charge is 0.269 e. The topological polar surface area (TPSA) is 41.9 Å². The maximum atomic E-state index is 12.0. The number of amides is 1. The minimum Gasteiger partial charge on any atom is -0.269 e. The van der Waals surface area contributed by atoms with Gasteiger partial charge in [-0.3, -0.25) is 14.6 Å². The third-order valence-electron chi connectivity index (χ3n) is 3.06. The first-order valence-corrected chi connectivity index (χ1v) is 6.18. The molecule has 1 aliphatic rings. The van der Waals surface area contributed by atoms with Crippen LogP contribution in [0, 0.1) is 6.54 Å². The van der Waals surface area contributed by atoms with E-state index in [0.29, 0.717) is 11.4 Å². The Morgan fingerprint density at radius 1 is 1.05 bits per heavy atom. The molecule has 2 aromatic carbocycles. The van der Waals surface area contributed by atoms with Gasteiger partial charge in [-0.15, -0.1) is 0 Å². The lowest BCUT2D eigenvalue weighted by molar-refractivity contribution is -0.121. The van der Waals surface area contributed by atoms with Gasteiger partial charge in [-0.05, 0) is 6.07 Å². The van der Waals surface area contributed by atoms with Crippen molar-refractivity contribution in [2.24, 2.45) is 4.99 Å². The SMILES string of the molecule is CON1C(=O)[C]N=C(c2ccccc2)c2ccccc21. The van der Waals surface area contributed by atoms with Gasteiger partial charge >= 0.3 is 0 Å². The second kappa shape index (κ2) is 5.27. The summed E-state index contributed by atoms with van der Waals surface area (Å²) in [6.45, 7) is 2.49. The van der Waals surface area contributed by atoms with Gasteiger partial charge in [-0.1, -0.05) is 48.5 Å². The van der Waals surface area contributed by atoms with Crippen molar-refractivity contribution in [1.29, 1.82) is 0 Å². The van der Waals surface area contributed by atoms with Gasteiger partial charge in [0.2, 0.25) is 6.54 Å². The molecule has 2 radical (unpaired) electrons. The molecule has 0 fully saturated rings. The summed E-state index contributed by atoms with van der Waals surface area (Å²) in [4.78, 5) is 21.3. The number of fused-ring (bicyclic) bond motifs is 1. The van der Waals surface area contributed by atoms with Crippen LogP contribution in [0.4, 0.5) is 5.69 Å². The van der Waals surface area contributed by atoms with E-state index in [2.05, 4.69) is 11.5 Å². The zero-order valence-corrected chi connectivity index (χ0v) is 10.9. The van der Waals surface area contributed by atoms with Crippen LogP contribution < -0.4 is 5.06 Å². The van der Waals surface area contributed by atoms with Crippen LogP contribution in [0.3, 0.4) is 0 Å². The van der Waals surface area contributed by atoms with Crippen LogP contribution in [0.15, 0.2) is 59.6 Å². The van der Waals surface area contributed by atoms with Crippen molar-refractivity contribution in [3.05, 3.63) is 72.3 Å². The van der Waals surface area contributed by atoms with E-state index in [0.717, 1.165) is 11.1 Å². The molecule has 4 heteroatoms. The highest BCUT2D eigenvalue weighted by Crippen LogP contribution is 2.27. The van der Waals surface area contributed by atoms with Crippen molar-refractivity contribution in [3.8, 4) is 0 Å². The van der Waals surface area contributed by atoms with Crippen LogP contribution >= 0.6 is 0 Å². The zero-order valence-electron chi connectivity index (χ0n) is 10.9. The fraction of sp³-hybridized carbons (Fsp3) is 0.0625. The van der Waals surface area contributed by atoms with Crippen LogP contribution in [0.5, 0.6) is 0 Å². The normalized spacial score (nSPS) is 14.6. The van der Waals surface area contributed by atoms with E-state index in [1.54, 1.807) is 0 Å². The van der Waals surface area contributed by atoms with Crippen LogP contribution in [-0.4, -0.2) is 18.7 Å². The molecular formula is C16H12N2O2. The number of hydrogen-bond donors (Lipinski definition) is 0. The van der Waals surface area contributed by atoms with Crippen LogP contribution in [0.2, 0.25) is 0 Å². The number of rotatable bonds is 2. The molecule has 0 saturated carbocycles. The second-order valence-corrected chi connectivity index (χ2v) is 4.24. The van der Waals surface area contributed by atoms with E-state index < -0.39 is 5.91 Å². The van der Waals surface area contributed by atoms with Crippen molar-refractivity contribution in [3.63, 3.8) is 0 Å². The largest absolute Gasteiger partial charge is 0.285 e. The van der Waals surface area contributed by atoms with Crippen molar-refractivity contribution in [2.75, 3.05) is 12.2 Å². The molecular weight excluding hydrogens is 252 g/mol. The monoisotopic (exact) mass is 264 g/mol. The molecule has 0 unspecified atom stereocenters. The van der Waals surface area contributed by atoms with E-state index in [9.17, 15) is 4.79 Å². The Labute approximate surface area is 117 Å². The first-order chi connectivity index (χ1) is 9.81. The number of hydrogen-bond acceptors (Lipinski definition) is 3. The van der Waals surface area contributed by atoms with Gasteiger partial charge in [0.05, 0.1) is 18.5 Å². The lowest BCUT2D eigenvalue weighted by Gasteiger charge is -2.19. The van der Waals surface area contributed by atoms with Gasteiger partial charge in [0.1, 0.15) is 0 Å². The summed E-state index contributed by atoms with van der Waals surface area (Å²) in [5.41, 5.74) is 3.12. The molecule has 98 valence electrons. The molecule has 20 heavy (non-hydrogen) atoms. The molecule has 0 aliphatic carbocycles. The number of para-hydroxylation sites is 1. The van der Waals surface area contributed by atoms with Crippen molar-refractivity contribution < 1.29 is 9.63 Å². The highest BCUT2D eigenvalue weighted by Gasteiger charge is 2.25. The zero-order chi connectivity index (χ0) is 13.9. The van der Waals surface area contributed by atoms with Gasteiger partial charge in [-0.25, -0.2) is 0 Å². The molecule has 0 saturated heterocycles. The van der Waals surface area contributed by atoms with Gasteiger partial charge in [0, 0.05) is 11.1 Å². The van der Waals surface area contributed by atoms with Crippen LogP contribution in [0.25, 0.3) is 0 Å². The molecule has 1 aliphatic heterocycles. The fourth-order valence-corrected chi connectivity index (χ4v) is 2.17. The summed E-state index contributed by atoms with van der Waals surface area (Å²) in [6.07, 6.45) is 0. The average molecular weight is 264 g/mol. The van der Waals surface area contributed by atoms with Gasteiger partial charge in [-0.2, -0.15) is 5.06 Å². The van der Waals surface area contributed by atoms with Crippen LogP contribution in [-0.2, 0) is 9.63 Å². The maximum absolute atomic E-state index is 12.0. The molecule has 0 N–H and O–H groups in total. The Kier molecular flexibility index (Phi) is 3.31. The maximum Gasteiger partial charge on any atom is 0.285 e.